The maximum atomic E-state index is 11.3. The molecule has 0 aliphatic rings. The van der Waals surface area contributed by atoms with Crippen molar-refractivity contribution >= 4 is 11.8 Å². The summed E-state index contributed by atoms with van der Waals surface area (Å²) in [7, 11) is 0. The summed E-state index contributed by atoms with van der Waals surface area (Å²) in [5.41, 5.74) is 5.57. The third kappa shape index (κ3) is 5.70. The lowest BCUT2D eigenvalue weighted by molar-refractivity contribution is -0.127. The van der Waals surface area contributed by atoms with Gasteiger partial charge in [0.25, 0.3) is 0 Å². The Labute approximate surface area is 89.8 Å². The van der Waals surface area contributed by atoms with E-state index in [1.165, 1.54) is 0 Å². The average Bonchev–Trinajstić information content (AvgIpc) is 2.21. The fourth-order valence-corrected chi connectivity index (χ4v) is 0.800. The number of nitrogens with one attached hydrogen (secondary N) is 2. The maximum Gasteiger partial charge on any atom is 0.240 e. The van der Waals surface area contributed by atoms with Crippen LogP contribution in [0.1, 0.15) is 13.8 Å². The number of amides is 2. The van der Waals surface area contributed by atoms with E-state index in [4.69, 9.17) is 12.2 Å². The van der Waals surface area contributed by atoms with Crippen molar-refractivity contribution in [2.75, 3.05) is 13.1 Å². The Bertz CT molecular complexity index is 268. The first-order valence-electron chi connectivity index (χ1n) is 4.72. The molecule has 0 aliphatic heterocycles. The molecule has 5 heteroatoms. The van der Waals surface area contributed by atoms with E-state index in [2.05, 4.69) is 16.6 Å². The zero-order valence-corrected chi connectivity index (χ0v) is 9.04. The lowest BCUT2D eigenvalue weighted by Crippen LogP contribution is -2.47. The Hall–Kier alpha value is -1.54. The van der Waals surface area contributed by atoms with Gasteiger partial charge in [0, 0.05) is 0 Å². The van der Waals surface area contributed by atoms with E-state index in [-0.39, 0.29) is 30.8 Å². The van der Waals surface area contributed by atoms with Crippen LogP contribution in [0.4, 0.5) is 0 Å². The van der Waals surface area contributed by atoms with Crippen molar-refractivity contribution in [2.45, 2.75) is 19.9 Å². The van der Waals surface area contributed by atoms with Crippen LogP contribution in [0.3, 0.4) is 0 Å². The first kappa shape index (κ1) is 13.5. The fourth-order valence-electron chi connectivity index (χ4n) is 0.800. The lowest BCUT2D eigenvalue weighted by atomic mass is 10.1. The molecule has 0 radical (unpaired) electrons. The molecule has 0 heterocycles. The predicted molar refractivity (Wildman–Crippen MR) is 57.7 cm³/mol. The minimum Gasteiger partial charge on any atom is -0.346 e. The third-order valence-corrected chi connectivity index (χ3v) is 1.83. The number of nitrogens with two attached hydrogens (primary N) is 1. The Morgan fingerprint density at radius 2 is 2.00 bits per heavy atom. The Kier molecular flexibility index (Phi) is 6.14. The van der Waals surface area contributed by atoms with Crippen LogP contribution in [0.5, 0.6) is 0 Å². The highest BCUT2D eigenvalue weighted by Gasteiger charge is 2.17. The van der Waals surface area contributed by atoms with E-state index in [1.54, 1.807) is 0 Å². The molecule has 0 bridgehead atoms. The molecule has 15 heavy (non-hydrogen) atoms. The predicted octanol–water partition coefficient (Wildman–Crippen LogP) is -1.16. The van der Waals surface area contributed by atoms with Gasteiger partial charge in [-0.15, -0.1) is 6.42 Å². The summed E-state index contributed by atoms with van der Waals surface area (Å²) in [6.07, 6.45) is 4.95. The minimum absolute atomic E-state index is 0.0405. The van der Waals surface area contributed by atoms with Crippen molar-refractivity contribution in [3.05, 3.63) is 0 Å². The van der Waals surface area contributed by atoms with Crippen molar-refractivity contribution in [1.82, 2.24) is 10.6 Å². The number of hydrogen-bond acceptors (Lipinski definition) is 3. The molecule has 1 atom stereocenters. The SMILES string of the molecule is C#CCNC(=O)CNC(=O)[C@@H](N)C(C)C. The molecular weight excluding hydrogens is 194 g/mol. The smallest absolute Gasteiger partial charge is 0.240 e. The van der Waals surface area contributed by atoms with Crippen LogP contribution >= 0.6 is 0 Å². The third-order valence-electron chi connectivity index (χ3n) is 1.83. The van der Waals surface area contributed by atoms with Crippen LogP contribution in [0.2, 0.25) is 0 Å². The van der Waals surface area contributed by atoms with Gasteiger partial charge < -0.3 is 16.4 Å². The van der Waals surface area contributed by atoms with E-state index in [0.29, 0.717) is 0 Å². The summed E-state index contributed by atoms with van der Waals surface area (Å²) >= 11 is 0. The molecule has 0 saturated carbocycles. The maximum absolute atomic E-state index is 11.3. The van der Waals surface area contributed by atoms with Crippen LogP contribution < -0.4 is 16.4 Å². The summed E-state index contributed by atoms with van der Waals surface area (Å²) < 4.78 is 0. The number of carbonyl (C=O) groups is 2. The van der Waals surface area contributed by atoms with Gasteiger partial charge in [0.2, 0.25) is 11.8 Å². The molecule has 0 unspecified atom stereocenters. The molecule has 0 aromatic heterocycles. The monoisotopic (exact) mass is 211 g/mol. The van der Waals surface area contributed by atoms with Gasteiger partial charge in [-0.25, -0.2) is 0 Å². The molecule has 5 nitrogen and oxygen atoms in total. The normalized spacial score (nSPS) is 11.7. The number of hydrogen-bond donors (Lipinski definition) is 3. The summed E-state index contributed by atoms with van der Waals surface area (Å²) in [4.78, 5) is 22.3. The number of carbonyl (C=O) groups excluding carboxylic acids is 2. The van der Waals surface area contributed by atoms with Crippen molar-refractivity contribution in [1.29, 1.82) is 0 Å². The lowest BCUT2D eigenvalue weighted by Gasteiger charge is -2.14. The largest absolute Gasteiger partial charge is 0.346 e. The quantitative estimate of drug-likeness (QED) is 0.501. The summed E-state index contributed by atoms with van der Waals surface area (Å²) in [6.45, 7) is 3.73. The van der Waals surface area contributed by atoms with Crippen LogP contribution in [-0.4, -0.2) is 30.9 Å². The molecule has 84 valence electrons. The van der Waals surface area contributed by atoms with Crippen molar-refractivity contribution in [3.63, 3.8) is 0 Å². The Morgan fingerprint density at radius 1 is 1.40 bits per heavy atom. The standard InChI is InChI=1S/C10H17N3O2/c1-4-5-12-8(14)6-13-10(15)9(11)7(2)3/h1,7,9H,5-6,11H2,2-3H3,(H,12,14)(H,13,15)/t9-/m0/s1. The second kappa shape index (κ2) is 6.85. The van der Waals surface area contributed by atoms with E-state index in [0.717, 1.165) is 0 Å². The van der Waals surface area contributed by atoms with Gasteiger partial charge >= 0.3 is 0 Å². The first-order chi connectivity index (χ1) is 6.99. The van der Waals surface area contributed by atoms with Crippen molar-refractivity contribution < 1.29 is 9.59 Å². The Morgan fingerprint density at radius 3 is 2.47 bits per heavy atom. The summed E-state index contributed by atoms with van der Waals surface area (Å²) in [5.74, 6) is 1.64. The zero-order valence-electron chi connectivity index (χ0n) is 9.04. The molecule has 0 fully saturated rings. The zero-order chi connectivity index (χ0) is 11.8. The highest BCUT2D eigenvalue weighted by atomic mass is 16.2. The van der Waals surface area contributed by atoms with Crippen LogP contribution in [-0.2, 0) is 9.59 Å². The molecule has 0 rings (SSSR count). The fraction of sp³-hybridized carbons (Fsp3) is 0.600. The second-order valence-electron chi connectivity index (χ2n) is 3.47. The van der Waals surface area contributed by atoms with Gasteiger partial charge in [-0.2, -0.15) is 0 Å². The van der Waals surface area contributed by atoms with Crippen molar-refractivity contribution in [2.24, 2.45) is 11.7 Å². The molecule has 0 saturated heterocycles. The van der Waals surface area contributed by atoms with Gasteiger partial charge in [-0.05, 0) is 5.92 Å². The summed E-state index contributed by atoms with van der Waals surface area (Å²) in [5, 5.41) is 4.85. The van der Waals surface area contributed by atoms with Gasteiger partial charge in [0.15, 0.2) is 0 Å². The van der Waals surface area contributed by atoms with Gasteiger partial charge in [0.1, 0.15) is 0 Å². The van der Waals surface area contributed by atoms with Crippen LogP contribution in [0.15, 0.2) is 0 Å². The molecule has 0 aromatic rings. The topological polar surface area (TPSA) is 84.2 Å². The number of terminal acetylenes is 1. The van der Waals surface area contributed by atoms with Crippen LogP contribution in [0, 0.1) is 18.3 Å². The summed E-state index contributed by atoms with van der Waals surface area (Å²) in [6, 6.07) is -0.592. The van der Waals surface area contributed by atoms with E-state index >= 15 is 0 Å². The second-order valence-corrected chi connectivity index (χ2v) is 3.47. The Balaban J connectivity index is 3.81. The first-order valence-corrected chi connectivity index (χ1v) is 4.72. The molecule has 4 N–H and O–H groups in total. The molecule has 2 amide bonds. The molecule has 0 aliphatic carbocycles. The van der Waals surface area contributed by atoms with Gasteiger partial charge in [0.05, 0.1) is 19.1 Å². The van der Waals surface area contributed by atoms with E-state index in [1.807, 2.05) is 13.8 Å². The molecule has 0 spiro atoms. The number of rotatable bonds is 5. The van der Waals surface area contributed by atoms with Gasteiger partial charge in [-0.3, -0.25) is 9.59 Å². The molecular formula is C10H17N3O2. The van der Waals surface area contributed by atoms with E-state index < -0.39 is 6.04 Å². The highest BCUT2D eigenvalue weighted by molar-refractivity contribution is 5.87. The van der Waals surface area contributed by atoms with Crippen molar-refractivity contribution in [3.8, 4) is 12.3 Å². The van der Waals surface area contributed by atoms with Crippen LogP contribution in [0.25, 0.3) is 0 Å². The molecule has 0 aromatic carbocycles. The highest BCUT2D eigenvalue weighted by Crippen LogP contribution is 1.97. The van der Waals surface area contributed by atoms with Gasteiger partial charge in [-0.1, -0.05) is 19.8 Å². The minimum atomic E-state index is -0.592. The van der Waals surface area contributed by atoms with E-state index in [9.17, 15) is 9.59 Å². The average molecular weight is 211 g/mol.